The summed E-state index contributed by atoms with van der Waals surface area (Å²) in [7, 11) is 0. The smallest absolute Gasteiger partial charge is 0.321 e. The Balaban J connectivity index is 1.41. The van der Waals surface area contributed by atoms with Crippen molar-refractivity contribution in [1.29, 1.82) is 0 Å². The molecule has 3 rings (SSSR count). The number of amides is 2. The van der Waals surface area contributed by atoms with Gasteiger partial charge in [-0.3, -0.25) is 4.98 Å². The van der Waals surface area contributed by atoms with Gasteiger partial charge in [-0.15, -0.1) is 0 Å². The molecule has 2 aliphatic rings. The molecule has 0 saturated carbocycles. The first-order valence-corrected chi connectivity index (χ1v) is 9.53. The summed E-state index contributed by atoms with van der Waals surface area (Å²) in [6.07, 6.45) is 9.90. The van der Waals surface area contributed by atoms with E-state index in [-0.39, 0.29) is 11.7 Å². The Morgan fingerprint density at radius 2 is 2.08 bits per heavy atom. The number of hydrogen-bond donors (Lipinski definition) is 1. The molecule has 1 aromatic heterocycles. The van der Waals surface area contributed by atoms with Crippen molar-refractivity contribution < 1.29 is 9.18 Å². The van der Waals surface area contributed by atoms with Gasteiger partial charge < -0.3 is 15.1 Å². The molecule has 2 saturated heterocycles. The Labute approximate surface area is 149 Å². The molecule has 0 spiro atoms. The van der Waals surface area contributed by atoms with Crippen molar-refractivity contribution in [2.75, 3.05) is 31.5 Å². The Morgan fingerprint density at radius 3 is 2.80 bits per heavy atom. The van der Waals surface area contributed by atoms with Gasteiger partial charge in [-0.2, -0.15) is 0 Å². The van der Waals surface area contributed by atoms with E-state index in [0.717, 1.165) is 38.2 Å². The van der Waals surface area contributed by atoms with Crippen molar-refractivity contribution in [3.05, 3.63) is 24.3 Å². The second-order valence-electron chi connectivity index (χ2n) is 7.39. The Bertz CT molecular complexity index is 574. The van der Waals surface area contributed by atoms with Crippen LogP contribution in [0.25, 0.3) is 0 Å². The fourth-order valence-electron chi connectivity index (χ4n) is 3.93. The fraction of sp³-hybridized carbons (Fsp3) is 0.684. The van der Waals surface area contributed by atoms with E-state index in [9.17, 15) is 9.18 Å². The monoisotopic (exact) mass is 348 g/mol. The van der Waals surface area contributed by atoms with Crippen LogP contribution in [0.15, 0.2) is 18.5 Å². The van der Waals surface area contributed by atoms with E-state index in [0.29, 0.717) is 5.92 Å². The summed E-state index contributed by atoms with van der Waals surface area (Å²) in [6, 6.07) is 1.99. The van der Waals surface area contributed by atoms with Crippen LogP contribution in [0.5, 0.6) is 0 Å². The Hall–Kier alpha value is -1.69. The number of urea groups is 1. The molecule has 0 radical (unpaired) electrons. The van der Waals surface area contributed by atoms with Crippen LogP contribution in [-0.4, -0.2) is 53.0 Å². The van der Waals surface area contributed by atoms with Gasteiger partial charge in [0.1, 0.15) is 0 Å². The number of hydrogen-bond acceptors (Lipinski definition) is 3. The summed E-state index contributed by atoms with van der Waals surface area (Å²) < 4.78 is 13.6. The minimum absolute atomic E-state index is 0.196. The van der Waals surface area contributed by atoms with Crippen LogP contribution in [0.1, 0.15) is 45.4 Å². The third kappa shape index (κ3) is 4.91. The van der Waals surface area contributed by atoms with E-state index in [1.165, 1.54) is 51.0 Å². The highest BCUT2D eigenvalue weighted by atomic mass is 19.1. The normalized spacial score (nSPS) is 22.8. The second-order valence-corrected chi connectivity index (χ2v) is 7.39. The van der Waals surface area contributed by atoms with Gasteiger partial charge in [0, 0.05) is 25.3 Å². The van der Waals surface area contributed by atoms with E-state index < -0.39 is 5.82 Å². The highest BCUT2D eigenvalue weighted by molar-refractivity contribution is 5.89. The average Bonchev–Trinajstić information content (AvgIpc) is 2.63. The zero-order valence-electron chi connectivity index (χ0n) is 15.1. The van der Waals surface area contributed by atoms with Crippen LogP contribution >= 0.6 is 0 Å². The first-order chi connectivity index (χ1) is 12.1. The highest BCUT2D eigenvalue weighted by Crippen LogP contribution is 2.24. The Morgan fingerprint density at radius 1 is 1.28 bits per heavy atom. The number of pyridine rings is 1. The van der Waals surface area contributed by atoms with Crippen molar-refractivity contribution in [3.8, 4) is 0 Å². The van der Waals surface area contributed by atoms with E-state index in [2.05, 4.69) is 22.1 Å². The number of likely N-dealkylation sites (tertiary alicyclic amines) is 2. The molecule has 2 fully saturated rings. The number of nitrogens with one attached hydrogen (secondary N) is 1. The maximum absolute atomic E-state index is 13.6. The molecular formula is C19H29FN4O. The standard InChI is InChI=1S/C19H29FN4O/c1-15-4-2-3-10-23(15)11-6-16-7-12-24(13-8-16)19(25)22-18-5-9-21-14-17(18)20/h5,9,14-16H,2-4,6-8,10-13H2,1H3,(H,21,22,25). The van der Waals surface area contributed by atoms with Crippen LogP contribution in [0.3, 0.4) is 0 Å². The van der Waals surface area contributed by atoms with Crippen LogP contribution in [-0.2, 0) is 0 Å². The molecule has 1 unspecified atom stereocenters. The molecule has 2 amide bonds. The summed E-state index contributed by atoms with van der Waals surface area (Å²) >= 11 is 0. The topological polar surface area (TPSA) is 48.5 Å². The molecule has 5 nitrogen and oxygen atoms in total. The van der Waals surface area contributed by atoms with Gasteiger partial charge in [0.25, 0.3) is 0 Å². The van der Waals surface area contributed by atoms with Crippen molar-refractivity contribution in [2.24, 2.45) is 5.92 Å². The van der Waals surface area contributed by atoms with Crippen LogP contribution in [0.4, 0.5) is 14.9 Å². The molecule has 25 heavy (non-hydrogen) atoms. The third-order valence-electron chi connectivity index (χ3n) is 5.68. The van der Waals surface area contributed by atoms with E-state index in [4.69, 9.17) is 0 Å². The van der Waals surface area contributed by atoms with Crippen LogP contribution < -0.4 is 5.32 Å². The van der Waals surface area contributed by atoms with Crippen molar-refractivity contribution >= 4 is 11.7 Å². The zero-order chi connectivity index (χ0) is 17.6. The molecule has 6 heteroatoms. The van der Waals surface area contributed by atoms with Gasteiger partial charge in [0.2, 0.25) is 0 Å². The van der Waals surface area contributed by atoms with Crippen LogP contribution in [0.2, 0.25) is 0 Å². The van der Waals surface area contributed by atoms with E-state index in [1.54, 1.807) is 4.90 Å². The number of nitrogens with zero attached hydrogens (tertiary/aromatic N) is 3. The maximum atomic E-state index is 13.6. The lowest BCUT2D eigenvalue weighted by Crippen LogP contribution is -2.42. The minimum atomic E-state index is -0.499. The Kier molecular flexibility index (Phi) is 6.24. The molecular weight excluding hydrogens is 319 g/mol. The van der Waals surface area contributed by atoms with Gasteiger partial charge in [0.15, 0.2) is 5.82 Å². The molecule has 0 aromatic carbocycles. The number of aromatic nitrogens is 1. The third-order valence-corrected chi connectivity index (χ3v) is 5.68. The lowest BCUT2D eigenvalue weighted by molar-refractivity contribution is 0.134. The number of halogens is 1. The van der Waals surface area contributed by atoms with Crippen molar-refractivity contribution in [1.82, 2.24) is 14.8 Å². The molecule has 2 aliphatic heterocycles. The predicted molar refractivity (Wildman–Crippen MR) is 97.0 cm³/mol. The predicted octanol–water partition coefficient (Wildman–Crippen LogP) is 3.73. The zero-order valence-corrected chi connectivity index (χ0v) is 15.1. The van der Waals surface area contributed by atoms with Gasteiger partial charge in [-0.1, -0.05) is 6.42 Å². The first-order valence-electron chi connectivity index (χ1n) is 9.53. The number of carbonyl (C=O) groups excluding carboxylic acids is 1. The quantitative estimate of drug-likeness (QED) is 0.902. The second kappa shape index (κ2) is 8.61. The molecule has 1 aromatic rings. The average molecular weight is 348 g/mol. The maximum Gasteiger partial charge on any atom is 0.321 e. The number of carbonyl (C=O) groups is 1. The number of rotatable bonds is 4. The minimum Gasteiger partial charge on any atom is -0.325 e. The first kappa shape index (κ1) is 18.1. The summed E-state index contributed by atoms with van der Waals surface area (Å²) in [5.41, 5.74) is 0.196. The number of piperidine rings is 2. The molecule has 0 aliphatic carbocycles. The largest absolute Gasteiger partial charge is 0.325 e. The summed E-state index contributed by atoms with van der Waals surface area (Å²) in [5.74, 6) is 0.192. The fourth-order valence-corrected chi connectivity index (χ4v) is 3.93. The molecule has 1 atom stereocenters. The lowest BCUT2D eigenvalue weighted by Gasteiger charge is -2.36. The molecule has 1 N–H and O–H groups in total. The van der Waals surface area contributed by atoms with E-state index in [1.807, 2.05) is 0 Å². The molecule has 138 valence electrons. The van der Waals surface area contributed by atoms with Crippen LogP contribution in [0, 0.1) is 11.7 Å². The number of anilines is 1. The molecule has 0 bridgehead atoms. The van der Waals surface area contributed by atoms with Crippen molar-refractivity contribution in [2.45, 2.75) is 51.5 Å². The summed E-state index contributed by atoms with van der Waals surface area (Å²) in [6.45, 7) is 6.25. The molecule has 3 heterocycles. The van der Waals surface area contributed by atoms with Gasteiger partial charge in [-0.25, -0.2) is 9.18 Å². The van der Waals surface area contributed by atoms with Gasteiger partial charge >= 0.3 is 6.03 Å². The van der Waals surface area contributed by atoms with Crippen molar-refractivity contribution in [3.63, 3.8) is 0 Å². The highest BCUT2D eigenvalue weighted by Gasteiger charge is 2.25. The lowest BCUT2D eigenvalue weighted by atomic mass is 9.92. The van der Waals surface area contributed by atoms with Gasteiger partial charge in [0.05, 0.1) is 11.9 Å². The SMILES string of the molecule is CC1CCCCN1CCC1CCN(C(=O)Nc2ccncc2F)CC1. The summed E-state index contributed by atoms with van der Waals surface area (Å²) in [4.78, 5) is 20.4. The van der Waals surface area contributed by atoms with Gasteiger partial charge in [-0.05, 0) is 64.1 Å². The van der Waals surface area contributed by atoms with E-state index >= 15 is 0 Å². The summed E-state index contributed by atoms with van der Waals surface area (Å²) in [5, 5.41) is 2.65.